The molecule has 0 radical (unpaired) electrons. The molecule has 3 rings (SSSR count). The molecule has 1 aliphatic heterocycles. The van der Waals surface area contributed by atoms with E-state index in [0.29, 0.717) is 0 Å². The molecule has 0 unspecified atom stereocenters. The first-order valence-corrected chi connectivity index (χ1v) is 6.28. The van der Waals surface area contributed by atoms with Gasteiger partial charge in [0.25, 0.3) is 0 Å². The summed E-state index contributed by atoms with van der Waals surface area (Å²) in [7, 11) is 0. The van der Waals surface area contributed by atoms with Gasteiger partial charge in [-0.3, -0.25) is 0 Å². The molecule has 1 aromatic carbocycles. The molecule has 0 amide bonds. The molecule has 80 valence electrons. The molecule has 0 atom stereocenters. The fourth-order valence-electron chi connectivity index (χ4n) is 2.53. The minimum absolute atomic E-state index is 0.889. The summed E-state index contributed by atoms with van der Waals surface area (Å²) in [6, 6.07) is 9.31. The molecular weight excluding hydrogens is 182 g/mol. The topological polar surface area (TPSA) is 3.24 Å². The Hall–Kier alpha value is -0.980. The number of hydrogen-bond acceptors (Lipinski definition) is 1. The SMILES string of the molecule is c1cc(N2CCCCC2)ccc1C1CC1. The van der Waals surface area contributed by atoms with E-state index in [1.165, 1.54) is 50.9 Å². The van der Waals surface area contributed by atoms with E-state index < -0.39 is 0 Å². The van der Waals surface area contributed by atoms with Gasteiger partial charge in [-0.25, -0.2) is 0 Å². The Morgan fingerprint density at radius 1 is 0.867 bits per heavy atom. The van der Waals surface area contributed by atoms with Gasteiger partial charge in [-0.05, 0) is 55.7 Å². The van der Waals surface area contributed by atoms with E-state index >= 15 is 0 Å². The molecule has 0 aromatic heterocycles. The maximum Gasteiger partial charge on any atom is 0.0366 e. The normalized spacial score (nSPS) is 21.7. The van der Waals surface area contributed by atoms with Gasteiger partial charge in [0.15, 0.2) is 0 Å². The highest BCUT2D eigenvalue weighted by Crippen LogP contribution is 2.40. The lowest BCUT2D eigenvalue weighted by molar-refractivity contribution is 0.578. The molecule has 1 saturated carbocycles. The van der Waals surface area contributed by atoms with E-state index in [1.54, 1.807) is 5.56 Å². The van der Waals surface area contributed by atoms with Crippen LogP contribution in [0.4, 0.5) is 5.69 Å². The third-order valence-electron chi connectivity index (χ3n) is 3.66. The fourth-order valence-corrected chi connectivity index (χ4v) is 2.53. The predicted molar refractivity (Wildman–Crippen MR) is 64.5 cm³/mol. The van der Waals surface area contributed by atoms with Gasteiger partial charge >= 0.3 is 0 Å². The summed E-state index contributed by atoms with van der Waals surface area (Å²) in [4.78, 5) is 2.53. The zero-order chi connectivity index (χ0) is 10.1. The molecule has 1 aromatic rings. The van der Waals surface area contributed by atoms with Crippen molar-refractivity contribution in [1.29, 1.82) is 0 Å². The summed E-state index contributed by atoms with van der Waals surface area (Å²) in [5.74, 6) is 0.889. The van der Waals surface area contributed by atoms with E-state index in [2.05, 4.69) is 29.2 Å². The largest absolute Gasteiger partial charge is 0.372 e. The van der Waals surface area contributed by atoms with E-state index in [1.807, 2.05) is 0 Å². The molecule has 2 fully saturated rings. The number of anilines is 1. The van der Waals surface area contributed by atoms with Crippen LogP contribution in [0, 0.1) is 0 Å². The van der Waals surface area contributed by atoms with Crippen LogP contribution >= 0.6 is 0 Å². The minimum Gasteiger partial charge on any atom is -0.372 e. The number of hydrogen-bond donors (Lipinski definition) is 0. The Balaban J connectivity index is 1.73. The van der Waals surface area contributed by atoms with Gasteiger partial charge in [0.1, 0.15) is 0 Å². The third-order valence-corrected chi connectivity index (χ3v) is 3.66. The van der Waals surface area contributed by atoms with Crippen LogP contribution in [0.25, 0.3) is 0 Å². The second-order valence-corrected chi connectivity index (χ2v) is 4.91. The molecule has 1 saturated heterocycles. The van der Waals surface area contributed by atoms with Crippen LogP contribution in [-0.4, -0.2) is 13.1 Å². The van der Waals surface area contributed by atoms with Crippen molar-refractivity contribution in [1.82, 2.24) is 0 Å². The van der Waals surface area contributed by atoms with Crippen LogP contribution in [-0.2, 0) is 0 Å². The van der Waals surface area contributed by atoms with E-state index in [-0.39, 0.29) is 0 Å². The molecule has 0 spiro atoms. The molecular formula is C14H19N. The Bertz CT molecular complexity index is 318. The van der Waals surface area contributed by atoms with Crippen LogP contribution in [0.5, 0.6) is 0 Å². The van der Waals surface area contributed by atoms with Gasteiger partial charge in [-0.2, -0.15) is 0 Å². The smallest absolute Gasteiger partial charge is 0.0366 e. The van der Waals surface area contributed by atoms with Crippen molar-refractivity contribution in [3.05, 3.63) is 29.8 Å². The summed E-state index contributed by atoms with van der Waals surface area (Å²) >= 11 is 0. The Labute approximate surface area is 92.1 Å². The molecule has 1 aliphatic carbocycles. The van der Waals surface area contributed by atoms with Gasteiger partial charge in [0.05, 0.1) is 0 Å². The molecule has 1 nitrogen and oxygen atoms in total. The van der Waals surface area contributed by atoms with Crippen molar-refractivity contribution >= 4 is 5.69 Å². The Kier molecular flexibility index (Phi) is 2.40. The van der Waals surface area contributed by atoms with Crippen molar-refractivity contribution in [3.8, 4) is 0 Å². The lowest BCUT2D eigenvalue weighted by Crippen LogP contribution is -2.29. The molecule has 1 heteroatoms. The second kappa shape index (κ2) is 3.88. The molecule has 15 heavy (non-hydrogen) atoms. The molecule has 0 bridgehead atoms. The van der Waals surface area contributed by atoms with Crippen LogP contribution < -0.4 is 4.90 Å². The van der Waals surface area contributed by atoms with E-state index in [4.69, 9.17) is 0 Å². The molecule has 1 heterocycles. The molecule has 0 N–H and O–H groups in total. The Morgan fingerprint density at radius 3 is 2.13 bits per heavy atom. The standard InChI is InChI=1S/C14H19N/c1-2-10-15(11-3-1)14-8-6-13(7-9-14)12-4-5-12/h6-9,12H,1-5,10-11H2. The minimum atomic E-state index is 0.889. The summed E-state index contributed by atoms with van der Waals surface area (Å²) in [6.45, 7) is 2.51. The zero-order valence-electron chi connectivity index (χ0n) is 9.28. The highest BCUT2D eigenvalue weighted by atomic mass is 15.1. The van der Waals surface area contributed by atoms with Crippen molar-refractivity contribution in [2.45, 2.75) is 38.0 Å². The average Bonchev–Trinajstić information content (AvgIpc) is 3.15. The average molecular weight is 201 g/mol. The van der Waals surface area contributed by atoms with Gasteiger partial charge < -0.3 is 4.90 Å². The van der Waals surface area contributed by atoms with Crippen LogP contribution in [0.15, 0.2) is 24.3 Å². The number of rotatable bonds is 2. The highest BCUT2D eigenvalue weighted by molar-refractivity contribution is 5.48. The van der Waals surface area contributed by atoms with Crippen molar-refractivity contribution in [2.24, 2.45) is 0 Å². The van der Waals surface area contributed by atoms with Crippen LogP contribution in [0.3, 0.4) is 0 Å². The number of piperidine rings is 1. The molecule has 2 aliphatic rings. The van der Waals surface area contributed by atoms with Gasteiger partial charge in [0.2, 0.25) is 0 Å². The number of benzene rings is 1. The van der Waals surface area contributed by atoms with Crippen molar-refractivity contribution < 1.29 is 0 Å². The fraction of sp³-hybridized carbons (Fsp3) is 0.571. The zero-order valence-corrected chi connectivity index (χ0v) is 9.28. The summed E-state index contributed by atoms with van der Waals surface area (Å²) in [5.41, 5.74) is 2.98. The monoisotopic (exact) mass is 201 g/mol. The first-order valence-electron chi connectivity index (χ1n) is 6.28. The van der Waals surface area contributed by atoms with Gasteiger partial charge in [-0.1, -0.05) is 12.1 Å². The maximum atomic E-state index is 2.53. The summed E-state index contributed by atoms with van der Waals surface area (Å²) in [5, 5.41) is 0. The summed E-state index contributed by atoms with van der Waals surface area (Å²) in [6.07, 6.45) is 6.96. The lowest BCUT2D eigenvalue weighted by atomic mass is 10.1. The summed E-state index contributed by atoms with van der Waals surface area (Å²) < 4.78 is 0. The van der Waals surface area contributed by atoms with E-state index in [9.17, 15) is 0 Å². The first kappa shape index (κ1) is 9.26. The van der Waals surface area contributed by atoms with Crippen LogP contribution in [0.2, 0.25) is 0 Å². The van der Waals surface area contributed by atoms with Crippen molar-refractivity contribution in [3.63, 3.8) is 0 Å². The lowest BCUT2D eigenvalue weighted by Gasteiger charge is -2.28. The van der Waals surface area contributed by atoms with Gasteiger partial charge in [-0.15, -0.1) is 0 Å². The first-order chi connectivity index (χ1) is 7.43. The highest BCUT2D eigenvalue weighted by Gasteiger charge is 2.23. The van der Waals surface area contributed by atoms with E-state index in [0.717, 1.165) is 5.92 Å². The second-order valence-electron chi connectivity index (χ2n) is 4.91. The van der Waals surface area contributed by atoms with Crippen molar-refractivity contribution in [2.75, 3.05) is 18.0 Å². The third kappa shape index (κ3) is 2.01. The predicted octanol–water partition coefficient (Wildman–Crippen LogP) is 3.55. The van der Waals surface area contributed by atoms with Crippen LogP contribution in [0.1, 0.15) is 43.6 Å². The van der Waals surface area contributed by atoms with Gasteiger partial charge in [0, 0.05) is 18.8 Å². The Morgan fingerprint density at radius 2 is 1.53 bits per heavy atom. The number of nitrogens with zero attached hydrogens (tertiary/aromatic N) is 1. The maximum absolute atomic E-state index is 2.53. The quantitative estimate of drug-likeness (QED) is 0.707.